The highest BCUT2D eigenvalue weighted by Crippen LogP contribution is 2.31. The summed E-state index contributed by atoms with van der Waals surface area (Å²) in [4.78, 5) is 10.9. The van der Waals surface area contributed by atoms with Gasteiger partial charge in [0.1, 0.15) is 12.4 Å². The SMILES string of the molecule is O=Cc1c(Cl)cccc1OCC1(O)CCCC1. The standard InChI is InChI=1S/C13H15ClO3/c14-11-4-3-5-12(10(11)8-15)17-9-13(16)6-1-2-7-13/h3-5,8,16H,1-2,6-7,9H2. The van der Waals surface area contributed by atoms with E-state index in [9.17, 15) is 9.90 Å². The van der Waals surface area contributed by atoms with Gasteiger partial charge in [-0.2, -0.15) is 0 Å². The molecule has 1 aromatic carbocycles. The molecule has 0 aliphatic heterocycles. The van der Waals surface area contributed by atoms with E-state index in [0.29, 0.717) is 22.6 Å². The van der Waals surface area contributed by atoms with E-state index in [4.69, 9.17) is 16.3 Å². The van der Waals surface area contributed by atoms with Crippen LogP contribution >= 0.6 is 11.6 Å². The van der Waals surface area contributed by atoms with Gasteiger partial charge in [0, 0.05) is 0 Å². The monoisotopic (exact) mass is 254 g/mol. The van der Waals surface area contributed by atoms with Gasteiger partial charge in [-0.05, 0) is 25.0 Å². The minimum atomic E-state index is -0.748. The summed E-state index contributed by atoms with van der Waals surface area (Å²) in [5.41, 5.74) is -0.404. The lowest BCUT2D eigenvalue weighted by molar-refractivity contribution is 0.00123. The van der Waals surface area contributed by atoms with E-state index in [-0.39, 0.29) is 6.61 Å². The third-order valence-corrected chi connectivity index (χ3v) is 3.49. The number of benzene rings is 1. The highest BCUT2D eigenvalue weighted by molar-refractivity contribution is 6.33. The lowest BCUT2D eigenvalue weighted by atomic mass is 10.0. The van der Waals surface area contributed by atoms with Crippen molar-refractivity contribution in [1.29, 1.82) is 0 Å². The van der Waals surface area contributed by atoms with Gasteiger partial charge in [-0.25, -0.2) is 0 Å². The van der Waals surface area contributed by atoms with Gasteiger partial charge >= 0.3 is 0 Å². The summed E-state index contributed by atoms with van der Waals surface area (Å²) in [6.45, 7) is 0.216. The predicted molar refractivity (Wildman–Crippen MR) is 65.8 cm³/mol. The zero-order valence-corrected chi connectivity index (χ0v) is 10.2. The number of hydrogen-bond acceptors (Lipinski definition) is 3. The molecule has 0 amide bonds. The maximum atomic E-state index is 10.9. The summed E-state index contributed by atoms with van der Waals surface area (Å²) in [6, 6.07) is 5.06. The molecule has 3 nitrogen and oxygen atoms in total. The van der Waals surface area contributed by atoms with Crippen LogP contribution in [0, 0.1) is 0 Å². The van der Waals surface area contributed by atoms with Crippen molar-refractivity contribution in [2.75, 3.05) is 6.61 Å². The molecule has 0 saturated heterocycles. The van der Waals surface area contributed by atoms with Crippen molar-refractivity contribution in [3.63, 3.8) is 0 Å². The van der Waals surface area contributed by atoms with Crippen LogP contribution in [-0.2, 0) is 0 Å². The van der Waals surface area contributed by atoms with Gasteiger partial charge in [0.25, 0.3) is 0 Å². The van der Waals surface area contributed by atoms with Crippen molar-refractivity contribution in [3.8, 4) is 5.75 Å². The molecule has 0 bridgehead atoms. The highest BCUT2D eigenvalue weighted by Gasteiger charge is 2.32. The van der Waals surface area contributed by atoms with Crippen LogP contribution in [0.15, 0.2) is 18.2 Å². The Balaban J connectivity index is 2.08. The first-order valence-corrected chi connectivity index (χ1v) is 6.11. The normalized spacial score (nSPS) is 18.0. The highest BCUT2D eigenvalue weighted by atomic mass is 35.5. The Hall–Kier alpha value is -1.06. The summed E-state index contributed by atoms with van der Waals surface area (Å²) < 4.78 is 5.53. The van der Waals surface area contributed by atoms with E-state index in [1.807, 2.05) is 0 Å². The van der Waals surface area contributed by atoms with Gasteiger partial charge in [0.15, 0.2) is 6.29 Å². The van der Waals surface area contributed by atoms with Crippen molar-refractivity contribution in [2.45, 2.75) is 31.3 Å². The maximum absolute atomic E-state index is 10.9. The molecule has 1 fully saturated rings. The number of halogens is 1. The molecule has 2 rings (SSSR count). The number of aliphatic hydroxyl groups is 1. The molecule has 0 heterocycles. The molecular formula is C13H15ClO3. The van der Waals surface area contributed by atoms with E-state index >= 15 is 0 Å². The van der Waals surface area contributed by atoms with E-state index in [2.05, 4.69) is 0 Å². The van der Waals surface area contributed by atoms with Gasteiger partial charge in [0.05, 0.1) is 16.2 Å². The molecule has 1 saturated carbocycles. The molecule has 0 spiro atoms. The van der Waals surface area contributed by atoms with Gasteiger partial charge in [-0.15, -0.1) is 0 Å². The Morgan fingerprint density at radius 1 is 1.41 bits per heavy atom. The molecule has 0 radical (unpaired) electrons. The van der Waals surface area contributed by atoms with Crippen LogP contribution < -0.4 is 4.74 Å². The summed E-state index contributed by atoms with van der Waals surface area (Å²) in [5, 5.41) is 10.5. The smallest absolute Gasteiger partial charge is 0.155 e. The second-order valence-corrected chi connectivity index (χ2v) is 4.90. The largest absolute Gasteiger partial charge is 0.490 e. The van der Waals surface area contributed by atoms with Crippen LogP contribution in [0.3, 0.4) is 0 Å². The van der Waals surface area contributed by atoms with Crippen LogP contribution in [-0.4, -0.2) is 23.6 Å². The maximum Gasteiger partial charge on any atom is 0.155 e. The number of ether oxygens (including phenoxy) is 1. The molecule has 1 aliphatic rings. The fourth-order valence-electron chi connectivity index (χ4n) is 2.15. The second kappa shape index (κ2) is 5.07. The van der Waals surface area contributed by atoms with E-state index in [1.165, 1.54) is 0 Å². The molecule has 1 aliphatic carbocycles. The predicted octanol–water partition coefficient (Wildman–Crippen LogP) is 2.84. The van der Waals surface area contributed by atoms with Gasteiger partial charge in [-0.1, -0.05) is 30.5 Å². The first-order valence-electron chi connectivity index (χ1n) is 5.73. The summed E-state index contributed by atoms with van der Waals surface area (Å²) >= 11 is 5.89. The zero-order valence-electron chi connectivity index (χ0n) is 9.49. The van der Waals surface area contributed by atoms with Crippen molar-refractivity contribution >= 4 is 17.9 Å². The van der Waals surface area contributed by atoms with Crippen molar-refractivity contribution in [1.82, 2.24) is 0 Å². The van der Waals surface area contributed by atoms with Gasteiger partial charge < -0.3 is 9.84 Å². The molecule has 92 valence electrons. The van der Waals surface area contributed by atoms with E-state index < -0.39 is 5.60 Å². The quantitative estimate of drug-likeness (QED) is 0.841. The number of carbonyl (C=O) groups excluding carboxylic acids is 1. The summed E-state index contributed by atoms with van der Waals surface area (Å²) in [7, 11) is 0. The molecule has 1 aromatic rings. The molecule has 0 aromatic heterocycles. The topological polar surface area (TPSA) is 46.5 Å². The minimum Gasteiger partial charge on any atom is -0.490 e. The summed E-state index contributed by atoms with van der Waals surface area (Å²) in [6.07, 6.45) is 4.23. The van der Waals surface area contributed by atoms with Crippen LogP contribution in [0.2, 0.25) is 5.02 Å². The number of rotatable bonds is 4. The number of hydrogen-bond donors (Lipinski definition) is 1. The number of aldehydes is 1. The molecule has 17 heavy (non-hydrogen) atoms. The van der Waals surface area contributed by atoms with Gasteiger partial charge in [-0.3, -0.25) is 4.79 Å². The minimum absolute atomic E-state index is 0.216. The molecule has 1 N–H and O–H groups in total. The first kappa shape index (κ1) is 12.4. The number of carbonyl (C=O) groups is 1. The third-order valence-electron chi connectivity index (χ3n) is 3.16. The van der Waals surface area contributed by atoms with Gasteiger partial charge in [0.2, 0.25) is 0 Å². The average Bonchev–Trinajstić information content (AvgIpc) is 2.74. The van der Waals surface area contributed by atoms with Crippen molar-refractivity contribution < 1.29 is 14.6 Å². The Bertz CT molecular complexity index is 411. The molecule has 0 unspecified atom stereocenters. The molecular weight excluding hydrogens is 240 g/mol. The fourth-order valence-corrected chi connectivity index (χ4v) is 2.36. The zero-order chi connectivity index (χ0) is 12.3. The molecule has 4 heteroatoms. The fraction of sp³-hybridized carbons (Fsp3) is 0.462. The Labute approximate surface area is 105 Å². The van der Waals surface area contributed by atoms with Crippen LogP contribution in [0.25, 0.3) is 0 Å². The molecule has 0 atom stereocenters. The van der Waals surface area contributed by atoms with Crippen LogP contribution in [0.5, 0.6) is 5.75 Å². The Morgan fingerprint density at radius 3 is 2.76 bits per heavy atom. The van der Waals surface area contributed by atoms with E-state index in [1.54, 1.807) is 18.2 Å². The van der Waals surface area contributed by atoms with Crippen molar-refractivity contribution in [2.24, 2.45) is 0 Å². The van der Waals surface area contributed by atoms with Crippen molar-refractivity contribution in [3.05, 3.63) is 28.8 Å². The lowest BCUT2D eigenvalue weighted by Gasteiger charge is -2.22. The Morgan fingerprint density at radius 2 is 2.12 bits per heavy atom. The lowest BCUT2D eigenvalue weighted by Crippen LogP contribution is -2.32. The van der Waals surface area contributed by atoms with Crippen LogP contribution in [0.1, 0.15) is 36.0 Å². The Kier molecular flexibility index (Phi) is 3.69. The third kappa shape index (κ3) is 2.79. The van der Waals surface area contributed by atoms with E-state index in [0.717, 1.165) is 25.7 Å². The second-order valence-electron chi connectivity index (χ2n) is 4.49. The average molecular weight is 255 g/mol. The first-order chi connectivity index (χ1) is 8.14. The summed E-state index contributed by atoms with van der Waals surface area (Å²) in [5.74, 6) is 0.438. The van der Waals surface area contributed by atoms with Crippen LogP contribution in [0.4, 0.5) is 0 Å².